The van der Waals surface area contributed by atoms with Crippen molar-refractivity contribution in [3.8, 4) is 6.07 Å². The molecule has 0 aliphatic rings. The molecule has 0 spiro atoms. The van der Waals surface area contributed by atoms with Gasteiger partial charge in [-0.05, 0) is 92.5 Å². The van der Waals surface area contributed by atoms with Gasteiger partial charge in [-0.1, -0.05) is 142 Å². The molecule has 0 aliphatic heterocycles. The van der Waals surface area contributed by atoms with E-state index in [1.165, 1.54) is 27.1 Å². The number of benzene rings is 10. The van der Waals surface area contributed by atoms with E-state index in [0.717, 1.165) is 66.4 Å². The van der Waals surface area contributed by atoms with E-state index in [4.69, 9.17) is 6.57 Å². The molecule has 10 aromatic carbocycles. The van der Waals surface area contributed by atoms with Crippen molar-refractivity contribution in [1.82, 2.24) is 0 Å². The molecule has 0 fully saturated rings. The lowest BCUT2D eigenvalue weighted by Crippen LogP contribution is -2.15. The fourth-order valence-corrected chi connectivity index (χ4v) is 8.67. The highest BCUT2D eigenvalue weighted by Crippen LogP contribution is 2.52. The van der Waals surface area contributed by atoms with Gasteiger partial charge in [-0.2, -0.15) is 5.26 Å². The summed E-state index contributed by atoms with van der Waals surface area (Å²) in [6.45, 7) is 14.6. The lowest BCUT2D eigenvalue weighted by molar-refractivity contribution is 0.591. The summed E-state index contributed by atoms with van der Waals surface area (Å²) in [5.41, 5.74) is 8.49. The lowest BCUT2D eigenvalue weighted by atomic mass is 9.83. The second-order valence-corrected chi connectivity index (χ2v) is 16.0. The van der Waals surface area contributed by atoms with Crippen LogP contribution >= 0.6 is 0 Å². The van der Waals surface area contributed by atoms with Crippen LogP contribution in [0.1, 0.15) is 31.9 Å². The number of anilines is 6. The summed E-state index contributed by atoms with van der Waals surface area (Å²) in [5.74, 6) is 0. The van der Waals surface area contributed by atoms with Crippen LogP contribution in [0, 0.1) is 17.9 Å². The average molecular weight is 743 g/mol. The van der Waals surface area contributed by atoms with E-state index < -0.39 is 0 Å². The van der Waals surface area contributed by atoms with Crippen LogP contribution in [0.5, 0.6) is 0 Å². The Hall–Kier alpha value is -7.66. The molecular weight excluding hydrogens is 705 g/mol. The summed E-state index contributed by atoms with van der Waals surface area (Å²) in [5, 5.41) is 21.5. The smallest absolute Gasteiger partial charge is 0.187 e. The summed E-state index contributed by atoms with van der Waals surface area (Å²) >= 11 is 0. The third kappa shape index (κ3) is 5.66. The molecule has 58 heavy (non-hydrogen) atoms. The van der Waals surface area contributed by atoms with Gasteiger partial charge in [-0.15, -0.1) is 0 Å². The Morgan fingerprint density at radius 1 is 0.466 bits per heavy atom. The predicted molar refractivity (Wildman–Crippen MR) is 244 cm³/mol. The SMILES string of the molecule is [C-]#[N+]c1ccc(N(c2cccc3ccccc23)c2cc(N(c3ccc(C#N)cc3)c3cccc4ccccc34)c3ccc4cc(C(C)(C)C)cc5ccc2c3c45)cc1. The quantitative estimate of drug-likeness (QED) is 0.126. The maximum absolute atomic E-state index is 9.85. The minimum absolute atomic E-state index is 0.0236. The first kappa shape index (κ1) is 34.8. The molecule has 0 aliphatic carbocycles. The molecule has 4 heteroatoms. The fourth-order valence-electron chi connectivity index (χ4n) is 8.67. The molecule has 0 saturated heterocycles. The number of hydrogen-bond donors (Lipinski definition) is 0. The number of hydrogen-bond acceptors (Lipinski definition) is 3. The zero-order valence-corrected chi connectivity index (χ0v) is 32.5. The highest BCUT2D eigenvalue weighted by molar-refractivity contribution is 6.29. The number of rotatable bonds is 6. The van der Waals surface area contributed by atoms with Crippen LogP contribution < -0.4 is 9.80 Å². The summed E-state index contributed by atoms with van der Waals surface area (Å²) in [7, 11) is 0. The first-order valence-corrected chi connectivity index (χ1v) is 19.6. The first-order valence-electron chi connectivity index (χ1n) is 19.6. The molecule has 0 heterocycles. The molecule has 274 valence electrons. The van der Waals surface area contributed by atoms with Crippen molar-refractivity contribution in [1.29, 1.82) is 5.26 Å². The van der Waals surface area contributed by atoms with Crippen molar-refractivity contribution in [2.75, 3.05) is 9.80 Å². The van der Waals surface area contributed by atoms with Crippen LogP contribution in [0.3, 0.4) is 0 Å². The molecule has 4 nitrogen and oxygen atoms in total. The Morgan fingerprint density at radius 3 is 1.43 bits per heavy atom. The molecule has 0 radical (unpaired) electrons. The third-order valence-corrected chi connectivity index (χ3v) is 11.5. The van der Waals surface area contributed by atoms with Crippen LogP contribution in [0.25, 0.3) is 58.7 Å². The van der Waals surface area contributed by atoms with Gasteiger partial charge in [0.05, 0.1) is 41.0 Å². The van der Waals surface area contributed by atoms with Crippen LogP contribution in [0.2, 0.25) is 0 Å². The lowest BCUT2D eigenvalue weighted by Gasteiger charge is -2.33. The summed E-state index contributed by atoms with van der Waals surface area (Å²) in [6, 6.07) is 64.4. The van der Waals surface area contributed by atoms with Gasteiger partial charge in [0.15, 0.2) is 5.69 Å². The van der Waals surface area contributed by atoms with E-state index in [1.54, 1.807) is 0 Å². The second kappa shape index (κ2) is 13.5. The molecule has 0 amide bonds. The van der Waals surface area contributed by atoms with Crippen molar-refractivity contribution in [2.24, 2.45) is 0 Å². The normalized spacial score (nSPS) is 11.7. The van der Waals surface area contributed by atoms with Crippen molar-refractivity contribution >= 4 is 93.7 Å². The monoisotopic (exact) mass is 742 g/mol. The maximum Gasteiger partial charge on any atom is 0.187 e. The van der Waals surface area contributed by atoms with Gasteiger partial charge in [-0.25, -0.2) is 4.85 Å². The largest absolute Gasteiger partial charge is 0.309 e. The Kier molecular flexibility index (Phi) is 8.11. The molecule has 0 N–H and O–H groups in total. The number of nitrogens with zero attached hydrogens (tertiary/aromatic N) is 4. The zero-order chi connectivity index (χ0) is 39.5. The van der Waals surface area contributed by atoms with Crippen molar-refractivity contribution in [2.45, 2.75) is 26.2 Å². The zero-order valence-electron chi connectivity index (χ0n) is 32.5. The molecular formula is C54H38N4. The van der Waals surface area contributed by atoms with E-state index >= 15 is 0 Å². The van der Waals surface area contributed by atoms with E-state index in [-0.39, 0.29) is 5.41 Å². The topological polar surface area (TPSA) is 34.6 Å². The predicted octanol–water partition coefficient (Wildman–Crippen LogP) is 15.5. The van der Waals surface area contributed by atoms with Gasteiger partial charge < -0.3 is 9.80 Å². The molecule has 10 aromatic rings. The van der Waals surface area contributed by atoms with Crippen LogP contribution in [0.4, 0.5) is 39.8 Å². The van der Waals surface area contributed by atoms with Gasteiger partial charge in [0, 0.05) is 38.3 Å². The van der Waals surface area contributed by atoms with E-state index in [2.05, 4.69) is 193 Å². The van der Waals surface area contributed by atoms with Gasteiger partial charge in [0.2, 0.25) is 0 Å². The highest BCUT2D eigenvalue weighted by Gasteiger charge is 2.27. The Balaban J connectivity index is 1.39. The van der Waals surface area contributed by atoms with Crippen molar-refractivity contribution in [3.05, 3.63) is 198 Å². The summed E-state index contributed by atoms with van der Waals surface area (Å²) < 4.78 is 0. The van der Waals surface area contributed by atoms with Crippen LogP contribution in [-0.2, 0) is 5.41 Å². The molecule has 0 saturated carbocycles. The first-order chi connectivity index (χ1) is 28.3. The van der Waals surface area contributed by atoms with E-state index in [9.17, 15) is 5.26 Å². The molecule has 0 unspecified atom stereocenters. The fraction of sp³-hybridized carbons (Fsp3) is 0.0741. The standard InChI is InChI=1S/C54H38N4/c1-54(2,3)40-31-38-21-29-46-50(57(42-25-19-35(34-55)20-26-42)48-17-9-13-36-11-5-7-15-44(36)48)33-51(47-30-22-39(32-40)52(38)53(46)47)58(43-27-23-41(56-4)24-28-43)49-18-10-14-37-12-6-8-16-45(37)49/h5-33H,1-3H3. The minimum Gasteiger partial charge on any atom is -0.309 e. The Bertz CT molecular complexity index is 3070. The maximum atomic E-state index is 9.85. The van der Waals surface area contributed by atoms with Crippen molar-refractivity contribution < 1.29 is 0 Å². The number of nitriles is 1. The van der Waals surface area contributed by atoms with Crippen LogP contribution in [-0.4, -0.2) is 0 Å². The third-order valence-electron chi connectivity index (χ3n) is 11.5. The van der Waals surface area contributed by atoms with Gasteiger partial charge in [0.25, 0.3) is 0 Å². The summed E-state index contributed by atoms with van der Waals surface area (Å²) in [6.07, 6.45) is 0. The molecule has 0 atom stereocenters. The average Bonchev–Trinajstić information content (AvgIpc) is 3.26. The Morgan fingerprint density at radius 2 is 0.948 bits per heavy atom. The summed E-state index contributed by atoms with van der Waals surface area (Å²) in [4.78, 5) is 8.47. The van der Waals surface area contributed by atoms with Crippen LogP contribution in [0.15, 0.2) is 176 Å². The second-order valence-electron chi connectivity index (χ2n) is 16.0. The van der Waals surface area contributed by atoms with E-state index in [1.807, 2.05) is 24.3 Å². The van der Waals surface area contributed by atoms with Gasteiger partial charge >= 0.3 is 0 Å². The number of fused-ring (bicyclic) bond motifs is 2. The van der Waals surface area contributed by atoms with E-state index in [0.29, 0.717) is 11.3 Å². The highest BCUT2D eigenvalue weighted by atomic mass is 15.2. The van der Waals surface area contributed by atoms with Gasteiger partial charge in [-0.3, -0.25) is 0 Å². The molecule has 0 aromatic heterocycles. The van der Waals surface area contributed by atoms with Crippen molar-refractivity contribution in [3.63, 3.8) is 0 Å². The molecule has 0 bridgehead atoms. The van der Waals surface area contributed by atoms with Gasteiger partial charge in [0.1, 0.15) is 0 Å². The minimum atomic E-state index is -0.0236. The molecule has 10 rings (SSSR count). The Labute approximate surface area is 338 Å².